The highest BCUT2D eigenvalue weighted by Gasteiger charge is 2.20. The summed E-state index contributed by atoms with van der Waals surface area (Å²) in [6, 6.07) is 4.24. The lowest BCUT2D eigenvalue weighted by atomic mass is 9.99. The minimum atomic E-state index is 0.150. The number of pyridine rings is 1. The summed E-state index contributed by atoms with van der Waals surface area (Å²) in [6.07, 6.45) is 5.65. The Kier molecular flexibility index (Phi) is 2.57. The van der Waals surface area contributed by atoms with Gasteiger partial charge >= 0.3 is 0 Å². The second-order valence-electron chi connectivity index (χ2n) is 3.43. The maximum absolute atomic E-state index is 5.86. The second-order valence-corrected chi connectivity index (χ2v) is 3.43. The monoisotopic (exact) mass is 178 g/mol. The van der Waals surface area contributed by atoms with Crippen LogP contribution >= 0.6 is 0 Å². The van der Waals surface area contributed by atoms with Gasteiger partial charge in [0.05, 0.1) is 6.10 Å². The zero-order valence-electron chi connectivity index (χ0n) is 7.52. The Morgan fingerprint density at radius 3 is 3.15 bits per heavy atom. The molecule has 0 spiro atoms. The Morgan fingerprint density at radius 2 is 2.46 bits per heavy atom. The van der Waals surface area contributed by atoms with Crippen molar-refractivity contribution in [3.05, 3.63) is 30.1 Å². The molecule has 0 saturated carbocycles. The lowest BCUT2D eigenvalue weighted by Crippen LogP contribution is -2.30. The van der Waals surface area contributed by atoms with E-state index in [2.05, 4.69) is 4.98 Å². The number of ether oxygens (including phenoxy) is 1. The molecule has 2 rings (SSSR count). The van der Waals surface area contributed by atoms with Crippen LogP contribution in [0.5, 0.6) is 0 Å². The van der Waals surface area contributed by atoms with Gasteiger partial charge in [-0.05, 0) is 24.5 Å². The minimum absolute atomic E-state index is 0.150. The first kappa shape index (κ1) is 8.66. The third-order valence-corrected chi connectivity index (χ3v) is 2.38. The molecule has 13 heavy (non-hydrogen) atoms. The standard InChI is InChI=1S/C10H14N2O/c11-9-3-5-13-10(6-9)8-2-1-4-12-7-8/h1-2,4,7,9-10H,3,5-6,11H2/t9-,10-/m0/s1. The highest BCUT2D eigenvalue weighted by Crippen LogP contribution is 2.26. The van der Waals surface area contributed by atoms with Crippen LogP contribution in [0, 0.1) is 0 Å². The second kappa shape index (κ2) is 3.85. The molecule has 1 aliphatic rings. The summed E-state index contributed by atoms with van der Waals surface area (Å²) < 4.78 is 5.61. The van der Waals surface area contributed by atoms with E-state index in [4.69, 9.17) is 10.5 Å². The predicted octanol–water partition coefficient (Wildman–Crippen LogP) is 1.26. The number of hydrogen-bond donors (Lipinski definition) is 1. The first-order chi connectivity index (χ1) is 6.36. The zero-order chi connectivity index (χ0) is 9.10. The van der Waals surface area contributed by atoms with Gasteiger partial charge < -0.3 is 10.5 Å². The van der Waals surface area contributed by atoms with Crippen LogP contribution in [0.25, 0.3) is 0 Å². The van der Waals surface area contributed by atoms with Crippen LogP contribution in [0.15, 0.2) is 24.5 Å². The number of hydrogen-bond acceptors (Lipinski definition) is 3. The lowest BCUT2D eigenvalue weighted by Gasteiger charge is -2.27. The minimum Gasteiger partial charge on any atom is -0.373 e. The third kappa shape index (κ3) is 2.05. The Labute approximate surface area is 77.9 Å². The van der Waals surface area contributed by atoms with E-state index < -0.39 is 0 Å². The first-order valence-corrected chi connectivity index (χ1v) is 4.63. The fraction of sp³-hybridized carbons (Fsp3) is 0.500. The first-order valence-electron chi connectivity index (χ1n) is 4.63. The molecule has 3 heteroatoms. The van der Waals surface area contributed by atoms with Crippen LogP contribution < -0.4 is 5.73 Å². The topological polar surface area (TPSA) is 48.1 Å². The highest BCUT2D eigenvalue weighted by atomic mass is 16.5. The third-order valence-electron chi connectivity index (χ3n) is 2.38. The summed E-state index contributed by atoms with van der Waals surface area (Å²) in [4.78, 5) is 4.06. The Hall–Kier alpha value is -0.930. The van der Waals surface area contributed by atoms with Crippen molar-refractivity contribution in [2.24, 2.45) is 5.73 Å². The van der Waals surface area contributed by atoms with Crippen molar-refractivity contribution in [2.45, 2.75) is 25.0 Å². The highest BCUT2D eigenvalue weighted by molar-refractivity contribution is 5.12. The number of rotatable bonds is 1. The maximum atomic E-state index is 5.86. The van der Waals surface area contributed by atoms with Crippen molar-refractivity contribution in [3.8, 4) is 0 Å². The molecular weight excluding hydrogens is 164 g/mol. The molecule has 0 aliphatic carbocycles. The molecule has 1 saturated heterocycles. The summed E-state index contributed by atoms with van der Waals surface area (Å²) >= 11 is 0. The zero-order valence-corrected chi connectivity index (χ0v) is 7.52. The predicted molar refractivity (Wildman–Crippen MR) is 50.1 cm³/mol. The van der Waals surface area contributed by atoms with Gasteiger partial charge in [-0.25, -0.2) is 0 Å². The van der Waals surface area contributed by atoms with Crippen LogP contribution in [-0.4, -0.2) is 17.6 Å². The Balaban J connectivity index is 2.08. The average molecular weight is 178 g/mol. The number of nitrogens with zero attached hydrogens (tertiary/aromatic N) is 1. The lowest BCUT2D eigenvalue weighted by molar-refractivity contribution is 0.00648. The number of aromatic nitrogens is 1. The fourth-order valence-corrected chi connectivity index (χ4v) is 1.62. The van der Waals surface area contributed by atoms with Crippen molar-refractivity contribution in [1.29, 1.82) is 0 Å². The number of nitrogens with two attached hydrogens (primary N) is 1. The summed E-state index contributed by atoms with van der Waals surface area (Å²) in [5, 5.41) is 0. The van der Waals surface area contributed by atoms with E-state index >= 15 is 0 Å². The summed E-state index contributed by atoms with van der Waals surface area (Å²) in [5.74, 6) is 0. The van der Waals surface area contributed by atoms with Crippen molar-refractivity contribution in [2.75, 3.05) is 6.61 Å². The van der Waals surface area contributed by atoms with E-state index in [0.29, 0.717) is 0 Å². The van der Waals surface area contributed by atoms with Crippen LogP contribution in [0.2, 0.25) is 0 Å². The maximum Gasteiger partial charge on any atom is 0.0854 e. The molecule has 2 heterocycles. The summed E-state index contributed by atoms with van der Waals surface area (Å²) in [5.41, 5.74) is 7.00. The SMILES string of the molecule is N[C@H]1CCO[C@H](c2cccnc2)C1. The van der Waals surface area contributed by atoms with E-state index in [-0.39, 0.29) is 12.1 Å². The molecule has 1 aromatic rings. The molecule has 0 radical (unpaired) electrons. The van der Waals surface area contributed by atoms with E-state index in [1.807, 2.05) is 18.3 Å². The van der Waals surface area contributed by atoms with Crippen molar-refractivity contribution in [1.82, 2.24) is 4.98 Å². The average Bonchev–Trinajstić information content (AvgIpc) is 2.19. The molecule has 0 unspecified atom stereocenters. The van der Waals surface area contributed by atoms with E-state index in [9.17, 15) is 0 Å². The van der Waals surface area contributed by atoms with Gasteiger partial charge in [-0.3, -0.25) is 4.98 Å². The molecule has 2 atom stereocenters. The van der Waals surface area contributed by atoms with E-state index in [0.717, 1.165) is 25.0 Å². The molecule has 3 nitrogen and oxygen atoms in total. The van der Waals surface area contributed by atoms with Gasteiger partial charge in [0.25, 0.3) is 0 Å². The van der Waals surface area contributed by atoms with Gasteiger partial charge in [-0.15, -0.1) is 0 Å². The van der Waals surface area contributed by atoms with Gasteiger partial charge in [-0.1, -0.05) is 6.07 Å². The van der Waals surface area contributed by atoms with Crippen LogP contribution in [0.1, 0.15) is 24.5 Å². The van der Waals surface area contributed by atoms with Gasteiger partial charge in [0.1, 0.15) is 0 Å². The van der Waals surface area contributed by atoms with Gasteiger partial charge in [0.2, 0.25) is 0 Å². The van der Waals surface area contributed by atoms with Crippen LogP contribution in [0.3, 0.4) is 0 Å². The molecular formula is C10H14N2O. The fourth-order valence-electron chi connectivity index (χ4n) is 1.62. The van der Waals surface area contributed by atoms with E-state index in [1.54, 1.807) is 6.20 Å². The van der Waals surface area contributed by atoms with Gasteiger partial charge in [-0.2, -0.15) is 0 Å². The molecule has 1 aromatic heterocycles. The molecule has 1 aliphatic heterocycles. The summed E-state index contributed by atoms with van der Waals surface area (Å²) in [7, 11) is 0. The molecule has 2 N–H and O–H groups in total. The van der Waals surface area contributed by atoms with Gasteiger partial charge in [0, 0.05) is 25.0 Å². The van der Waals surface area contributed by atoms with Crippen molar-refractivity contribution >= 4 is 0 Å². The van der Waals surface area contributed by atoms with Crippen molar-refractivity contribution < 1.29 is 4.74 Å². The molecule has 70 valence electrons. The molecule has 0 bridgehead atoms. The van der Waals surface area contributed by atoms with Gasteiger partial charge in [0.15, 0.2) is 0 Å². The van der Waals surface area contributed by atoms with Crippen molar-refractivity contribution in [3.63, 3.8) is 0 Å². The Morgan fingerprint density at radius 1 is 1.54 bits per heavy atom. The molecule has 0 aromatic carbocycles. The summed E-state index contributed by atoms with van der Waals surface area (Å²) in [6.45, 7) is 0.765. The molecule has 1 fully saturated rings. The quantitative estimate of drug-likeness (QED) is 0.704. The smallest absolute Gasteiger partial charge is 0.0854 e. The van der Waals surface area contributed by atoms with Crippen LogP contribution in [-0.2, 0) is 4.74 Å². The van der Waals surface area contributed by atoms with E-state index in [1.165, 1.54) is 0 Å². The normalized spacial score (nSPS) is 28.7. The largest absolute Gasteiger partial charge is 0.373 e. The Bertz CT molecular complexity index is 263. The van der Waals surface area contributed by atoms with Crippen LogP contribution in [0.4, 0.5) is 0 Å². The molecule has 0 amide bonds.